The van der Waals surface area contributed by atoms with Crippen molar-refractivity contribution in [3.05, 3.63) is 40.1 Å². The highest BCUT2D eigenvalue weighted by atomic mass is 16.6. The Morgan fingerprint density at radius 2 is 2.13 bits per heavy atom. The van der Waals surface area contributed by atoms with Gasteiger partial charge in [0.1, 0.15) is 5.75 Å². The van der Waals surface area contributed by atoms with Crippen LogP contribution < -0.4 is 4.74 Å². The van der Waals surface area contributed by atoms with Gasteiger partial charge >= 0.3 is 11.5 Å². The van der Waals surface area contributed by atoms with Gasteiger partial charge in [0.25, 0.3) is 0 Å². The van der Waals surface area contributed by atoms with Crippen LogP contribution in [0.25, 0.3) is 10.9 Å². The molecule has 23 heavy (non-hydrogen) atoms. The Kier molecular flexibility index (Phi) is 4.88. The number of hydrogen-bond donors (Lipinski definition) is 1. The molecule has 1 heterocycles. The molecule has 0 spiro atoms. The van der Waals surface area contributed by atoms with Gasteiger partial charge in [-0.05, 0) is 30.7 Å². The largest absolute Gasteiger partial charge is 0.497 e. The maximum Gasteiger partial charge on any atom is 0.385 e. The highest BCUT2D eigenvalue weighted by Gasteiger charge is 2.51. The second-order valence-corrected chi connectivity index (χ2v) is 5.26. The van der Waals surface area contributed by atoms with E-state index in [0.29, 0.717) is 11.3 Å². The van der Waals surface area contributed by atoms with Crippen LogP contribution in [0.1, 0.15) is 25.8 Å². The Morgan fingerprint density at radius 3 is 2.70 bits per heavy atom. The number of nitro groups is 1. The Balaban J connectivity index is 2.47. The van der Waals surface area contributed by atoms with Crippen molar-refractivity contribution in [1.82, 2.24) is 4.98 Å². The van der Waals surface area contributed by atoms with Gasteiger partial charge in [-0.1, -0.05) is 6.92 Å². The lowest BCUT2D eigenvalue weighted by molar-refractivity contribution is -0.555. The van der Waals surface area contributed by atoms with E-state index in [1.807, 2.05) is 6.07 Å². The normalized spacial score (nSPS) is 13.5. The first-order valence-corrected chi connectivity index (χ1v) is 7.44. The minimum atomic E-state index is -1.78. The van der Waals surface area contributed by atoms with Gasteiger partial charge in [-0.25, -0.2) is 4.79 Å². The molecule has 1 atom stereocenters. The fourth-order valence-corrected chi connectivity index (χ4v) is 2.62. The number of nitrogens with zero attached hydrogens (tertiary/aromatic N) is 1. The van der Waals surface area contributed by atoms with Crippen molar-refractivity contribution in [1.29, 1.82) is 0 Å². The van der Waals surface area contributed by atoms with E-state index in [-0.39, 0.29) is 19.4 Å². The lowest BCUT2D eigenvalue weighted by Crippen LogP contribution is -2.49. The van der Waals surface area contributed by atoms with Gasteiger partial charge < -0.3 is 14.5 Å². The second kappa shape index (κ2) is 6.68. The average Bonchev–Trinajstić information content (AvgIpc) is 2.94. The van der Waals surface area contributed by atoms with Gasteiger partial charge in [-0.3, -0.25) is 10.1 Å². The number of benzene rings is 1. The number of carbonyl (C=O) groups is 1. The highest BCUT2D eigenvalue weighted by Crippen LogP contribution is 2.29. The number of fused-ring (bicyclic) bond motifs is 1. The zero-order chi connectivity index (χ0) is 17.0. The fraction of sp³-hybridized carbons (Fsp3) is 0.438. The number of ether oxygens (including phenoxy) is 2. The molecule has 124 valence electrons. The minimum absolute atomic E-state index is 0.0392. The van der Waals surface area contributed by atoms with E-state index in [2.05, 4.69) is 4.98 Å². The summed E-state index contributed by atoms with van der Waals surface area (Å²) in [4.78, 5) is 26.4. The van der Waals surface area contributed by atoms with Crippen LogP contribution in [-0.2, 0) is 16.0 Å². The molecule has 2 aromatic rings. The molecule has 0 fully saturated rings. The van der Waals surface area contributed by atoms with E-state index in [0.717, 1.165) is 10.9 Å². The number of hydrogen-bond acceptors (Lipinski definition) is 5. The van der Waals surface area contributed by atoms with Crippen molar-refractivity contribution in [3.8, 4) is 5.75 Å². The molecule has 7 heteroatoms. The van der Waals surface area contributed by atoms with Crippen molar-refractivity contribution in [2.24, 2.45) is 0 Å². The molecule has 7 nitrogen and oxygen atoms in total. The maximum absolute atomic E-state index is 12.2. The number of nitrogens with one attached hydrogen (secondary N) is 1. The van der Waals surface area contributed by atoms with Crippen LogP contribution >= 0.6 is 0 Å². The number of aromatic amines is 1. The molecule has 2 rings (SSSR count). The Hall–Kier alpha value is -2.57. The van der Waals surface area contributed by atoms with Crippen molar-refractivity contribution in [3.63, 3.8) is 0 Å². The molecule has 1 N–H and O–H groups in total. The first kappa shape index (κ1) is 16.8. The van der Waals surface area contributed by atoms with E-state index >= 15 is 0 Å². The van der Waals surface area contributed by atoms with Crippen LogP contribution in [-0.4, -0.2) is 35.1 Å². The summed E-state index contributed by atoms with van der Waals surface area (Å²) < 4.78 is 10.1. The van der Waals surface area contributed by atoms with Crippen LogP contribution in [0.3, 0.4) is 0 Å². The third-order valence-corrected chi connectivity index (χ3v) is 4.05. The molecule has 0 aliphatic rings. The molecular formula is C16H20N2O5. The quantitative estimate of drug-likeness (QED) is 0.481. The van der Waals surface area contributed by atoms with E-state index in [4.69, 9.17) is 9.47 Å². The highest BCUT2D eigenvalue weighted by molar-refractivity contribution is 5.86. The zero-order valence-electron chi connectivity index (χ0n) is 13.4. The maximum atomic E-state index is 12.2. The summed E-state index contributed by atoms with van der Waals surface area (Å²) in [6, 6.07) is 5.43. The minimum Gasteiger partial charge on any atom is -0.497 e. The van der Waals surface area contributed by atoms with Crippen LogP contribution in [0, 0.1) is 10.1 Å². The molecule has 0 saturated carbocycles. The van der Waals surface area contributed by atoms with Crippen molar-refractivity contribution < 1.29 is 19.2 Å². The topological polar surface area (TPSA) is 94.5 Å². The summed E-state index contributed by atoms with van der Waals surface area (Å²) in [5.74, 6) is -0.151. The van der Waals surface area contributed by atoms with E-state index in [1.54, 1.807) is 39.3 Å². The predicted molar refractivity (Wildman–Crippen MR) is 85.2 cm³/mol. The van der Waals surface area contributed by atoms with Crippen LogP contribution in [0.2, 0.25) is 0 Å². The van der Waals surface area contributed by atoms with Gasteiger partial charge in [-0.15, -0.1) is 0 Å². The molecular weight excluding hydrogens is 300 g/mol. The van der Waals surface area contributed by atoms with Gasteiger partial charge in [0, 0.05) is 28.4 Å². The molecule has 0 radical (unpaired) electrons. The number of esters is 1. The Morgan fingerprint density at radius 1 is 1.39 bits per heavy atom. The Labute approximate surface area is 133 Å². The van der Waals surface area contributed by atoms with E-state index in [1.165, 1.54) is 0 Å². The van der Waals surface area contributed by atoms with Gasteiger partial charge in [0.05, 0.1) is 20.1 Å². The summed E-state index contributed by atoms with van der Waals surface area (Å²) in [5, 5.41) is 12.4. The second-order valence-electron chi connectivity index (χ2n) is 5.26. The fourth-order valence-electron chi connectivity index (χ4n) is 2.62. The molecule has 0 amide bonds. The number of rotatable bonds is 7. The standard InChI is InChI=1S/C16H20N2O5/c1-4-16(18(20)21,15(19)23-5-2)9-11-10-17-14-7-6-12(22-3)8-13(11)14/h6-8,10,17H,4-5,9H2,1-3H3/t16-/m1/s1. The van der Waals surface area contributed by atoms with Crippen molar-refractivity contribution in [2.45, 2.75) is 32.2 Å². The predicted octanol–water partition coefficient (Wildman–Crippen LogP) is 2.71. The van der Waals surface area contributed by atoms with Crippen LogP contribution in [0.5, 0.6) is 5.75 Å². The number of aromatic nitrogens is 1. The SMILES string of the molecule is CCOC(=O)[C@@](CC)(Cc1c[nH]c2ccc(OC)cc12)[N+](=O)[O-]. The monoisotopic (exact) mass is 320 g/mol. The van der Waals surface area contributed by atoms with Crippen molar-refractivity contribution >= 4 is 16.9 Å². The third kappa shape index (κ3) is 2.99. The first-order chi connectivity index (χ1) is 11.0. The smallest absolute Gasteiger partial charge is 0.385 e. The molecule has 0 unspecified atom stereocenters. The summed E-state index contributed by atoms with van der Waals surface area (Å²) in [7, 11) is 1.56. The first-order valence-electron chi connectivity index (χ1n) is 7.44. The lowest BCUT2D eigenvalue weighted by Gasteiger charge is -2.21. The molecule has 0 bridgehead atoms. The third-order valence-electron chi connectivity index (χ3n) is 4.05. The van der Waals surface area contributed by atoms with Gasteiger partial charge in [0.2, 0.25) is 0 Å². The van der Waals surface area contributed by atoms with E-state index in [9.17, 15) is 14.9 Å². The van der Waals surface area contributed by atoms with E-state index < -0.39 is 16.4 Å². The molecule has 1 aromatic carbocycles. The van der Waals surface area contributed by atoms with Crippen LogP contribution in [0.15, 0.2) is 24.4 Å². The number of methoxy groups -OCH3 is 1. The summed E-state index contributed by atoms with van der Waals surface area (Å²) >= 11 is 0. The van der Waals surface area contributed by atoms with Gasteiger partial charge in [0.15, 0.2) is 0 Å². The lowest BCUT2D eigenvalue weighted by atomic mass is 9.88. The zero-order valence-corrected chi connectivity index (χ0v) is 13.4. The summed E-state index contributed by atoms with van der Waals surface area (Å²) in [6.45, 7) is 3.36. The molecule has 0 aliphatic heterocycles. The van der Waals surface area contributed by atoms with Gasteiger partial charge in [-0.2, -0.15) is 0 Å². The van der Waals surface area contributed by atoms with Crippen molar-refractivity contribution in [2.75, 3.05) is 13.7 Å². The number of H-pyrrole nitrogens is 1. The molecule has 0 saturated heterocycles. The number of carbonyl (C=O) groups excluding carboxylic acids is 1. The van der Waals surface area contributed by atoms with Crippen LogP contribution in [0.4, 0.5) is 0 Å². The Bertz CT molecular complexity index is 724. The average molecular weight is 320 g/mol. The molecule has 1 aromatic heterocycles. The molecule has 0 aliphatic carbocycles. The summed E-state index contributed by atoms with van der Waals surface area (Å²) in [5.41, 5.74) is -0.266. The summed E-state index contributed by atoms with van der Waals surface area (Å²) in [6.07, 6.45) is 1.70.